The van der Waals surface area contributed by atoms with Crippen LogP contribution in [0.4, 0.5) is 0 Å². The van der Waals surface area contributed by atoms with Gasteiger partial charge >= 0.3 is 0 Å². The second-order valence-electron chi connectivity index (χ2n) is 7.82. The Morgan fingerprint density at radius 1 is 1.46 bits per heavy atom. The van der Waals surface area contributed by atoms with Crippen LogP contribution in [-0.2, 0) is 18.6 Å². The minimum absolute atomic E-state index is 0.0425. The van der Waals surface area contributed by atoms with Crippen molar-refractivity contribution in [2.75, 3.05) is 26.9 Å². The first kappa shape index (κ1) is 26.3. The molecule has 1 fully saturated rings. The van der Waals surface area contributed by atoms with Crippen molar-refractivity contribution in [2.24, 2.45) is 10.7 Å². The molecule has 2 heterocycles. The summed E-state index contributed by atoms with van der Waals surface area (Å²) < 4.78 is 27.9. The van der Waals surface area contributed by atoms with Gasteiger partial charge in [0.05, 0.1) is 24.8 Å². The zero-order valence-corrected chi connectivity index (χ0v) is 20.2. The van der Waals surface area contributed by atoms with Crippen LogP contribution in [0.15, 0.2) is 53.4 Å². The van der Waals surface area contributed by atoms with Gasteiger partial charge in [0.2, 0.25) is 0 Å². The van der Waals surface area contributed by atoms with Gasteiger partial charge < -0.3 is 39.4 Å². The van der Waals surface area contributed by atoms with Gasteiger partial charge in [-0.1, -0.05) is 30.6 Å². The average molecular weight is 501 g/mol. The molecule has 1 saturated heterocycles. The quantitative estimate of drug-likeness (QED) is 0.296. The van der Waals surface area contributed by atoms with Crippen LogP contribution in [-0.4, -0.2) is 68.3 Å². The fourth-order valence-electron chi connectivity index (χ4n) is 3.50. The van der Waals surface area contributed by atoms with E-state index < -0.39 is 26.0 Å². The molecule has 4 unspecified atom stereocenters. The Kier molecular flexibility index (Phi) is 8.62. The maximum atomic E-state index is 12.2. The number of hydrogen-bond donors (Lipinski definition) is 2. The van der Waals surface area contributed by atoms with Crippen LogP contribution in [0.2, 0.25) is 0 Å². The number of aliphatic imine (C=N–C) groups is 1. The summed E-state index contributed by atoms with van der Waals surface area (Å²) in [7, 11) is -2.51. The lowest BCUT2D eigenvalue weighted by atomic mass is 10.1. The molecular formula is C23H26N4O7P-. The van der Waals surface area contributed by atoms with Gasteiger partial charge in [0.1, 0.15) is 37.9 Å². The number of benzene rings is 1. The monoisotopic (exact) mass is 501 g/mol. The fraction of sp³-hybridized carbons (Fsp3) is 0.348. The third-order valence-corrected chi connectivity index (χ3v) is 5.76. The lowest BCUT2D eigenvalue weighted by molar-refractivity contribution is -0.202. The Morgan fingerprint density at radius 3 is 2.80 bits per heavy atom. The van der Waals surface area contributed by atoms with Crippen molar-refractivity contribution in [3.63, 3.8) is 0 Å². The van der Waals surface area contributed by atoms with Gasteiger partial charge in [-0.3, -0.25) is 9.59 Å². The molecule has 2 aliphatic rings. The van der Waals surface area contributed by atoms with Gasteiger partial charge in [0, 0.05) is 37.5 Å². The molecule has 11 nitrogen and oxygen atoms in total. The highest BCUT2D eigenvalue weighted by molar-refractivity contribution is 7.50. The van der Waals surface area contributed by atoms with Gasteiger partial charge in [0.15, 0.2) is 0 Å². The van der Waals surface area contributed by atoms with E-state index >= 15 is 0 Å². The fourth-order valence-corrected chi connectivity index (χ4v) is 4.22. The molecule has 12 heteroatoms. The highest BCUT2D eigenvalue weighted by atomic mass is 31.2. The SMILES string of the molecule is C=C1N=C(N)C(C#CCNC(=O)c2ccc(C=O)cc2)=CN1C1CC(OP(C)(=O)[O-])C(COC)O1. The van der Waals surface area contributed by atoms with Crippen molar-refractivity contribution in [3.8, 4) is 11.8 Å². The first-order chi connectivity index (χ1) is 16.6. The first-order valence-electron chi connectivity index (χ1n) is 10.6. The van der Waals surface area contributed by atoms with E-state index in [0.717, 1.165) is 6.66 Å². The number of aldehydes is 1. The van der Waals surface area contributed by atoms with E-state index in [1.165, 1.54) is 7.11 Å². The second-order valence-corrected chi connectivity index (χ2v) is 9.58. The summed E-state index contributed by atoms with van der Waals surface area (Å²) in [6.45, 7) is 5.06. The summed E-state index contributed by atoms with van der Waals surface area (Å²) in [5.41, 5.74) is 7.24. The van der Waals surface area contributed by atoms with Crippen LogP contribution in [0.25, 0.3) is 0 Å². The summed E-state index contributed by atoms with van der Waals surface area (Å²) in [6, 6.07) is 6.19. The minimum atomic E-state index is -3.99. The molecule has 0 saturated carbocycles. The Hall–Kier alpha value is -3.26. The number of ether oxygens (including phenoxy) is 2. The van der Waals surface area contributed by atoms with Gasteiger partial charge in [-0.05, 0) is 12.1 Å². The van der Waals surface area contributed by atoms with Gasteiger partial charge in [0.25, 0.3) is 5.91 Å². The van der Waals surface area contributed by atoms with Crippen LogP contribution in [0, 0.1) is 11.8 Å². The Bertz CT molecular complexity index is 1150. The molecule has 35 heavy (non-hydrogen) atoms. The summed E-state index contributed by atoms with van der Waals surface area (Å²) in [4.78, 5) is 40.4. The minimum Gasteiger partial charge on any atom is -0.779 e. The summed E-state index contributed by atoms with van der Waals surface area (Å²) in [6.07, 6.45) is 0.561. The second kappa shape index (κ2) is 11.4. The smallest absolute Gasteiger partial charge is 0.252 e. The third-order valence-electron chi connectivity index (χ3n) is 5.11. The average Bonchev–Trinajstić information content (AvgIpc) is 3.18. The maximum Gasteiger partial charge on any atom is 0.252 e. The molecule has 0 aromatic heterocycles. The lowest BCUT2D eigenvalue weighted by Gasteiger charge is -2.29. The molecule has 0 spiro atoms. The molecule has 1 amide bonds. The number of methoxy groups -OCH3 is 1. The topological polar surface area (TPSA) is 156 Å². The van der Waals surface area contributed by atoms with E-state index in [0.29, 0.717) is 28.8 Å². The van der Waals surface area contributed by atoms with Gasteiger partial charge in [-0.15, -0.1) is 0 Å². The van der Waals surface area contributed by atoms with E-state index in [-0.39, 0.29) is 31.3 Å². The Morgan fingerprint density at radius 2 is 2.17 bits per heavy atom. The van der Waals surface area contributed by atoms with Crippen molar-refractivity contribution in [2.45, 2.75) is 24.9 Å². The van der Waals surface area contributed by atoms with Crippen LogP contribution in [0.1, 0.15) is 27.1 Å². The number of amidine groups is 1. The molecule has 1 aromatic carbocycles. The van der Waals surface area contributed by atoms with Crippen molar-refractivity contribution in [1.82, 2.24) is 10.2 Å². The first-order valence-corrected chi connectivity index (χ1v) is 12.6. The zero-order valence-electron chi connectivity index (χ0n) is 19.3. The summed E-state index contributed by atoms with van der Waals surface area (Å²) in [5, 5.41) is 2.66. The van der Waals surface area contributed by atoms with E-state index in [9.17, 15) is 19.0 Å². The number of hydrogen-bond acceptors (Lipinski definition) is 10. The zero-order chi connectivity index (χ0) is 25.6. The molecule has 186 valence electrons. The van der Waals surface area contributed by atoms with Gasteiger partial charge in [-0.25, -0.2) is 4.99 Å². The van der Waals surface area contributed by atoms with E-state index in [1.54, 1.807) is 35.4 Å². The Balaban J connectivity index is 1.67. The Labute approximate surface area is 203 Å². The molecule has 1 aromatic rings. The predicted molar refractivity (Wildman–Crippen MR) is 126 cm³/mol. The normalized spacial score (nSPS) is 23.5. The van der Waals surface area contributed by atoms with Crippen molar-refractivity contribution < 1.29 is 33.0 Å². The lowest BCUT2D eigenvalue weighted by Crippen LogP contribution is -2.35. The van der Waals surface area contributed by atoms with Crippen molar-refractivity contribution in [1.29, 1.82) is 0 Å². The van der Waals surface area contributed by atoms with Crippen molar-refractivity contribution in [3.05, 3.63) is 59.6 Å². The molecule has 3 N–H and O–H groups in total. The number of amides is 1. The van der Waals surface area contributed by atoms with Gasteiger partial charge in [-0.2, -0.15) is 0 Å². The standard InChI is InChI=1S/C23H27N4O7P/c1-15-26-22(24)18(5-4-10-25-23(29)17-8-6-16(13-28)7-9-17)12-27(15)21-11-19(34-35(3,30)31)20(33-21)14-32-2/h6-9,12-13,19-21H,1,10-11,14H2,2-3H3,(H2,24,26)(H,25,29)(H,30,31)/p-1. The van der Waals surface area contributed by atoms with E-state index in [1.807, 2.05) is 0 Å². The highest BCUT2D eigenvalue weighted by Gasteiger charge is 2.41. The van der Waals surface area contributed by atoms with E-state index in [4.69, 9.17) is 19.7 Å². The summed E-state index contributed by atoms with van der Waals surface area (Å²) in [5.74, 6) is 5.78. The van der Waals surface area contributed by atoms with Crippen LogP contribution in [0.5, 0.6) is 0 Å². The number of carbonyl (C=O) groups excluding carboxylic acids is 2. The van der Waals surface area contributed by atoms with Crippen LogP contribution in [0.3, 0.4) is 0 Å². The summed E-state index contributed by atoms with van der Waals surface area (Å²) >= 11 is 0. The van der Waals surface area contributed by atoms with Crippen LogP contribution < -0.4 is 15.9 Å². The largest absolute Gasteiger partial charge is 0.779 e. The van der Waals surface area contributed by atoms with Crippen LogP contribution >= 0.6 is 7.60 Å². The molecule has 4 atom stereocenters. The van der Waals surface area contributed by atoms with Crippen molar-refractivity contribution >= 4 is 25.6 Å². The molecule has 3 rings (SSSR count). The number of nitrogens with one attached hydrogen (secondary N) is 1. The molecule has 2 aliphatic heterocycles. The number of carbonyl (C=O) groups is 2. The van der Waals surface area contributed by atoms with E-state index in [2.05, 4.69) is 28.7 Å². The molecular weight excluding hydrogens is 475 g/mol. The molecule has 0 radical (unpaired) electrons. The predicted octanol–water partition coefficient (Wildman–Crippen LogP) is 0.590. The number of nitrogens with zero attached hydrogens (tertiary/aromatic N) is 2. The molecule has 0 bridgehead atoms. The molecule has 0 aliphatic carbocycles. The highest BCUT2D eigenvalue weighted by Crippen LogP contribution is 2.40. The third kappa shape index (κ3) is 7.11. The number of nitrogens with two attached hydrogens (primary N) is 1. The number of rotatable bonds is 8. The maximum absolute atomic E-state index is 12.2.